The molecule has 0 aromatic carbocycles. The molecule has 2 aromatic heterocycles. The number of likely N-dealkylation sites (tertiary alicyclic amines) is 1. The van der Waals surface area contributed by atoms with Crippen molar-refractivity contribution < 1.29 is 14.4 Å². The van der Waals surface area contributed by atoms with Crippen LogP contribution < -0.4 is 10.6 Å². The van der Waals surface area contributed by atoms with E-state index in [0.29, 0.717) is 29.9 Å². The summed E-state index contributed by atoms with van der Waals surface area (Å²) in [5.74, 6) is -1.63. The van der Waals surface area contributed by atoms with Gasteiger partial charge in [0.1, 0.15) is 5.82 Å². The van der Waals surface area contributed by atoms with Gasteiger partial charge in [-0.1, -0.05) is 0 Å². The topological polar surface area (TPSA) is 120 Å². The Kier molecular flexibility index (Phi) is 4.18. The number of nitrogens with one attached hydrogen (secondary N) is 3. The summed E-state index contributed by atoms with van der Waals surface area (Å²) in [6.07, 6.45) is 3.52. The quantitative estimate of drug-likeness (QED) is 0.668. The number of aromatic amines is 1. The number of aromatic nitrogens is 3. The highest BCUT2D eigenvalue weighted by molar-refractivity contribution is 6.40. The standard InChI is InChI=1S/C14H16N6O3/c21-10(20-6-1-2-7-20)8-16-13(22)14(23)17-12-9-4-3-5-15-11(9)18-19-12/h3-5H,1-2,6-8H2,(H,16,22)(H2,15,17,18,19,23). The third-order valence-electron chi connectivity index (χ3n) is 3.63. The van der Waals surface area contributed by atoms with Crippen LogP contribution in [0.15, 0.2) is 18.3 Å². The van der Waals surface area contributed by atoms with E-state index in [9.17, 15) is 14.4 Å². The minimum atomic E-state index is -0.871. The van der Waals surface area contributed by atoms with Gasteiger partial charge in [-0.25, -0.2) is 4.98 Å². The molecular weight excluding hydrogens is 300 g/mol. The first kappa shape index (κ1) is 14.9. The van der Waals surface area contributed by atoms with Gasteiger partial charge in [0.25, 0.3) is 0 Å². The summed E-state index contributed by atoms with van der Waals surface area (Å²) >= 11 is 0. The lowest BCUT2D eigenvalue weighted by Crippen LogP contribution is -2.42. The molecule has 1 saturated heterocycles. The van der Waals surface area contributed by atoms with Crippen LogP contribution in [0, 0.1) is 0 Å². The van der Waals surface area contributed by atoms with E-state index in [4.69, 9.17) is 0 Å². The highest BCUT2D eigenvalue weighted by Gasteiger charge is 2.21. The predicted molar refractivity (Wildman–Crippen MR) is 81.3 cm³/mol. The maximum Gasteiger partial charge on any atom is 0.314 e. The highest BCUT2D eigenvalue weighted by Crippen LogP contribution is 2.17. The first-order valence-electron chi connectivity index (χ1n) is 7.31. The molecule has 2 aromatic rings. The Morgan fingerprint density at radius 2 is 2.00 bits per heavy atom. The lowest BCUT2D eigenvalue weighted by atomic mass is 10.3. The van der Waals surface area contributed by atoms with Crippen LogP contribution in [-0.4, -0.2) is 57.4 Å². The summed E-state index contributed by atoms with van der Waals surface area (Å²) in [7, 11) is 0. The van der Waals surface area contributed by atoms with Crippen molar-refractivity contribution in [1.82, 2.24) is 25.4 Å². The van der Waals surface area contributed by atoms with Crippen molar-refractivity contribution in [2.45, 2.75) is 12.8 Å². The van der Waals surface area contributed by atoms with Crippen LogP contribution in [0.3, 0.4) is 0 Å². The van der Waals surface area contributed by atoms with E-state index in [0.717, 1.165) is 12.8 Å². The highest BCUT2D eigenvalue weighted by atomic mass is 16.2. The molecule has 1 fully saturated rings. The van der Waals surface area contributed by atoms with Gasteiger partial charge in [0.05, 0.1) is 11.9 Å². The van der Waals surface area contributed by atoms with Gasteiger partial charge in [0.2, 0.25) is 5.91 Å². The van der Waals surface area contributed by atoms with E-state index in [1.54, 1.807) is 23.2 Å². The van der Waals surface area contributed by atoms with Gasteiger partial charge in [0.15, 0.2) is 5.65 Å². The van der Waals surface area contributed by atoms with E-state index in [2.05, 4.69) is 25.8 Å². The summed E-state index contributed by atoms with van der Waals surface area (Å²) in [4.78, 5) is 41.2. The fourth-order valence-corrected chi connectivity index (χ4v) is 2.43. The van der Waals surface area contributed by atoms with Gasteiger partial charge in [-0.15, -0.1) is 0 Å². The molecule has 0 bridgehead atoms. The molecule has 9 heteroatoms. The minimum Gasteiger partial charge on any atom is -0.341 e. The number of fused-ring (bicyclic) bond motifs is 1. The number of carbonyl (C=O) groups excluding carboxylic acids is 3. The number of carbonyl (C=O) groups is 3. The molecule has 0 aliphatic carbocycles. The summed E-state index contributed by atoms with van der Waals surface area (Å²) in [6.45, 7) is 1.22. The first-order chi connectivity index (χ1) is 11.1. The fraction of sp³-hybridized carbons (Fsp3) is 0.357. The molecule has 1 aliphatic rings. The molecule has 0 radical (unpaired) electrons. The smallest absolute Gasteiger partial charge is 0.314 e. The summed E-state index contributed by atoms with van der Waals surface area (Å²) in [5.41, 5.74) is 0.437. The molecule has 9 nitrogen and oxygen atoms in total. The van der Waals surface area contributed by atoms with E-state index in [1.807, 2.05) is 0 Å². The number of amides is 3. The Balaban J connectivity index is 1.55. The van der Waals surface area contributed by atoms with Gasteiger partial charge in [-0.05, 0) is 25.0 Å². The second-order valence-corrected chi connectivity index (χ2v) is 5.20. The van der Waals surface area contributed by atoms with E-state index in [-0.39, 0.29) is 12.5 Å². The van der Waals surface area contributed by atoms with Crippen LogP contribution in [-0.2, 0) is 14.4 Å². The average Bonchev–Trinajstić information content (AvgIpc) is 3.22. The lowest BCUT2D eigenvalue weighted by Gasteiger charge is -2.15. The monoisotopic (exact) mass is 316 g/mol. The lowest BCUT2D eigenvalue weighted by molar-refractivity contribution is -0.138. The summed E-state index contributed by atoms with van der Waals surface area (Å²) in [5, 5.41) is 11.9. The van der Waals surface area contributed by atoms with Crippen LogP contribution in [0.4, 0.5) is 5.82 Å². The molecule has 3 amide bonds. The van der Waals surface area contributed by atoms with Gasteiger partial charge in [-0.2, -0.15) is 5.10 Å². The Morgan fingerprint density at radius 1 is 1.22 bits per heavy atom. The van der Waals surface area contributed by atoms with Crippen LogP contribution in [0.5, 0.6) is 0 Å². The Hall–Kier alpha value is -2.97. The molecule has 23 heavy (non-hydrogen) atoms. The Morgan fingerprint density at radius 3 is 2.78 bits per heavy atom. The van der Waals surface area contributed by atoms with E-state index < -0.39 is 11.8 Å². The maximum absolute atomic E-state index is 11.9. The number of anilines is 1. The van der Waals surface area contributed by atoms with Gasteiger partial charge >= 0.3 is 11.8 Å². The molecule has 0 unspecified atom stereocenters. The third-order valence-corrected chi connectivity index (χ3v) is 3.63. The number of nitrogens with zero attached hydrogens (tertiary/aromatic N) is 3. The molecule has 120 valence electrons. The van der Waals surface area contributed by atoms with Crippen molar-refractivity contribution in [2.75, 3.05) is 25.0 Å². The molecule has 3 rings (SSSR count). The normalized spacial score (nSPS) is 14.0. The van der Waals surface area contributed by atoms with Gasteiger partial charge < -0.3 is 15.5 Å². The minimum absolute atomic E-state index is 0.181. The van der Waals surface area contributed by atoms with Crippen LogP contribution >= 0.6 is 0 Å². The Bertz CT molecular complexity index is 750. The maximum atomic E-state index is 11.9. The first-order valence-corrected chi connectivity index (χ1v) is 7.31. The number of hydrogen-bond donors (Lipinski definition) is 3. The van der Waals surface area contributed by atoms with Crippen LogP contribution in [0.25, 0.3) is 11.0 Å². The number of H-pyrrole nitrogens is 1. The number of hydrogen-bond acceptors (Lipinski definition) is 5. The van der Waals surface area contributed by atoms with Gasteiger partial charge in [0, 0.05) is 19.3 Å². The van der Waals surface area contributed by atoms with Crippen LogP contribution in [0.2, 0.25) is 0 Å². The molecule has 3 heterocycles. The fourth-order valence-electron chi connectivity index (χ4n) is 2.43. The van der Waals surface area contributed by atoms with Crippen molar-refractivity contribution in [3.8, 4) is 0 Å². The van der Waals surface area contributed by atoms with E-state index >= 15 is 0 Å². The molecule has 1 aliphatic heterocycles. The molecule has 3 N–H and O–H groups in total. The zero-order valence-corrected chi connectivity index (χ0v) is 12.3. The molecule has 0 spiro atoms. The molecular formula is C14H16N6O3. The van der Waals surface area contributed by atoms with Crippen molar-refractivity contribution in [2.24, 2.45) is 0 Å². The third kappa shape index (κ3) is 3.28. The number of pyridine rings is 1. The largest absolute Gasteiger partial charge is 0.341 e. The second kappa shape index (κ2) is 6.42. The van der Waals surface area contributed by atoms with Crippen molar-refractivity contribution >= 4 is 34.6 Å². The average molecular weight is 316 g/mol. The van der Waals surface area contributed by atoms with Crippen molar-refractivity contribution in [3.63, 3.8) is 0 Å². The predicted octanol–water partition coefficient (Wildman–Crippen LogP) is -0.365. The zero-order chi connectivity index (χ0) is 16.2. The number of rotatable bonds is 3. The summed E-state index contributed by atoms with van der Waals surface area (Å²) in [6, 6.07) is 3.42. The summed E-state index contributed by atoms with van der Waals surface area (Å²) < 4.78 is 0. The van der Waals surface area contributed by atoms with Crippen molar-refractivity contribution in [1.29, 1.82) is 0 Å². The zero-order valence-electron chi connectivity index (χ0n) is 12.3. The van der Waals surface area contributed by atoms with E-state index in [1.165, 1.54) is 0 Å². The van der Waals surface area contributed by atoms with Crippen molar-refractivity contribution in [3.05, 3.63) is 18.3 Å². The SMILES string of the molecule is O=C(NCC(=O)N1CCCC1)C(=O)Nc1[nH]nc2ncccc12. The van der Waals surface area contributed by atoms with Gasteiger partial charge in [-0.3, -0.25) is 19.5 Å². The Labute approximate surface area is 131 Å². The van der Waals surface area contributed by atoms with Crippen LogP contribution in [0.1, 0.15) is 12.8 Å². The second-order valence-electron chi connectivity index (χ2n) is 5.20. The molecule has 0 atom stereocenters. The molecule has 0 saturated carbocycles.